The topological polar surface area (TPSA) is 41.5 Å². The Balaban J connectivity index is 1.64. The van der Waals surface area contributed by atoms with Gasteiger partial charge in [-0.15, -0.1) is 0 Å². The first-order chi connectivity index (χ1) is 9.72. The summed E-state index contributed by atoms with van der Waals surface area (Å²) in [7, 11) is 0. The SMILES string of the molecule is CC(NCc1ccc2c(c1)CCO2)c1cccc(O)c1. The largest absolute Gasteiger partial charge is 0.508 e. The van der Waals surface area contributed by atoms with E-state index in [1.165, 1.54) is 11.1 Å². The van der Waals surface area contributed by atoms with Crippen LogP contribution in [0.15, 0.2) is 42.5 Å². The van der Waals surface area contributed by atoms with Crippen LogP contribution in [0.2, 0.25) is 0 Å². The van der Waals surface area contributed by atoms with Gasteiger partial charge in [-0.2, -0.15) is 0 Å². The maximum atomic E-state index is 9.51. The molecule has 0 aromatic heterocycles. The van der Waals surface area contributed by atoms with Gasteiger partial charge in [-0.3, -0.25) is 0 Å². The molecule has 2 aromatic carbocycles. The summed E-state index contributed by atoms with van der Waals surface area (Å²) < 4.78 is 5.51. The molecule has 1 aliphatic rings. The number of hydrogen-bond acceptors (Lipinski definition) is 3. The lowest BCUT2D eigenvalue weighted by Crippen LogP contribution is -2.18. The number of phenols is 1. The van der Waals surface area contributed by atoms with Crippen molar-refractivity contribution in [1.29, 1.82) is 0 Å². The maximum absolute atomic E-state index is 9.51. The van der Waals surface area contributed by atoms with Gasteiger partial charge in [0.25, 0.3) is 0 Å². The first-order valence-corrected chi connectivity index (χ1v) is 6.99. The first kappa shape index (κ1) is 13.0. The quantitative estimate of drug-likeness (QED) is 0.895. The van der Waals surface area contributed by atoms with Gasteiger partial charge in [0.2, 0.25) is 0 Å². The molecular formula is C17H19NO2. The highest BCUT2D eigenvalue weighted by Crippen LogP contribution is 2.26. The molecule has 0 saturated heterocycles. The van der Waals surface area contributed by atoms with E-state index in [9.17, 15) is 5.11 Å². The summed E-state index contributed by atoms with van der Waals surface area (Å²) in [5.74, 6) is 1.33. The van der Waals surface area contributed by atoms with Crippen molar-refractivity contribution in [3.8, 4) is 11.5 Å². The van der Waals surface area contributed by atoms with Gasteiger partial charge in [-0.05, 0) is 41.8 Å². The Morgan fingerprint density at radius 3 is 3.00 bits per heavy atom. The number of fused-ring (bicyclic) bond motifs is 1. The molecule has 104 valence electrons. The van der Waals surface area contributed by atoms with Crippen molar-refractivity contribution in [3.63, 3.8) is 0 Å². The zero-order valence-electron chi connectivity index (χ0n) is 11.6. The number of rotatable bonds is 4. The minimum absolute atomic E-state index is 0.201. The predicted octanol–water partition coefficient (Wildman–Crippen LogP) is 3.18. The lowest BCUT2D eigenvalue weighted by Gasteiger charge is -2.15. The van der Waals surface area contributed by atoms with E-state index in [2.05, 4.69) is 30.4 Å². The first-order valence-electron chi connectivity index (χ1n) is 6.99. The van der Waals surface area contributed by atoms with Crippen molar-refractivity contribution in [3.05, 3.63) is 59.2 Å². The average Bonchev–Trinajstić information content (AvgIpc) is 2.92. The van der Waals surface area contributed by atoms with Crippen LogP contribution in [0.1, 0.15) is 29.7 Å². The molecule has 0 bridgehead atoms. The fourth-order valence-corrected chi connectivity index (χ4v) is 2.53. The molecule has 0 aliphatic carbocycles. The second-order valence-electron chi connectivity index (χ2n) is 5.24. The van der Waals surface area contributed by atoms with Gasteiger partial charge in [-0.1, -0.05) is 24.3 Å². The van der Waals surface area contributed by atoms with E-state index in [1.54, 1.807) is 12.1 Å². The van der Waals surface area contributed by atoms with Gasteiger partial charge in [0, 0.05) is 19.0 Å². The number of phenolic OH excluding ortho intramolecular Hbond substituents is 1. The molecule has 1 atom stereocenters. The van der Waals surface area contributed by atoms with Crippen LogP contribution in [0, 0.1) is 0 Å². The van der Waals surface area contributed by atoms with Gasteiger partial charge >= 0.3 is 0 Å². The van der Waals surface area contributed by atoms with E-state index >= 15 is 0 Å². The van der Waals surface area contributed by atoms with Gasteiger partial charge in [0.1, 0.15) is 11.5 Å². The minimum Gasteiger partial charge on any atom is -0.508 e. The van der Waals surface area contributed by atoms with E-state index in [0.717, 1.165) is 30.9 Å². The van der Waals surface area contributed by atoms with Gasteiger partial charge < -0.3 is 15.2 Å². The number of hydrogen-bond donors (Lipinski definition) is 2. The van der Waals surface area contributed by atoms with E-state index < -0.39 is 0 Å². The Hall–Kier alpha value is -2.00. The molecule has 3 rings (SSSR count). The summed E-state index contributed by atoms with van der Waals surface area (Å²) in [5.41, 5.74) is 3.66. The predicted molar refractivity (Wildman–Crippen MR) is 79.0 cm³/mol. The third kappa shape index (κ3) is 2.78. The molecule has 0 fully saturated rings. The van der Waals surface area contributed by atoms with E-state index in [-0.39, 0.29) is 6.04 Å². The summed E-state index contributed by atoms with van der Waals surface area (Å²) in [6.45, 7) is 3.71. The van der Waals surface area contributed by atoms with E-state index in [1.807, 2.05) is 12.1 Å². The van der Waals surface area contributed by atoms with Crippen molar-refractivity contribution in [2.75, 3.05) is 6.61 Å². The monoisotopic (exact) mass is 269 g/mol. The van der Waals surface area contributed by atoms with Gasteiger partial charge in [0.05, 0.1) is 6.61 Å². The highest BCUT2D eigenvalue weighted by Gasteiger charge is 2.12. The fraction of sp³-hybridized carbons (Fsp3) is 0.294. The molecular weight excluding hydrogens is 250 g/mol. The highest BCUT2D eigenvalue weighted by molar-refractivity contribution is 5.39. The standard InChI is InChI=1S/C17H19NO2/c1-12(14-3-2-4-16(19)10-14)18-11-13-5-6-17-15(9-13)7-8-20-17/h2-6,9-10,12,18-19H,7-8,11H2,1H3. The second kappa shape index (κ2) is 5.55. The van der Waals surface area contributed by atoms with Crippen LogP contribution >= 0.6 is 0 Å². The summed E-state index contributed by atoms with van der Waals surface area (Å²) >= 11 is 0. The fourth-order valence-electron chi connectivity index (χ4n) is 2.53. The Morgan fingerprint density at radius 2 is 2.15 bits per heavy atom. The Labute approximate surface area is 119 Å². The lowest BCUT2D eigenvalue weighted by molar-refractivity contribution is 0.357. The zero-order valence-corrected chi connectivity index (χ0v) is 11.6. The highest BCUT2D eigenvalue weighted by atomic mass is 16.5. The smallest absolute Gasteiger partial charge is 0.122 e. The molecule has 3 heteroatoms. The molecule has 2 N–H and O–H groups in total. The maximum Gasteiger partial charge on any atom is 0.122 e. The average molecular weight is 269 g/mol. The third-order valence-corrected chi connectivity index (χ3v) is 3.74. The molecule has 2 aromatic rings. The van der Waals surface area contributed by atoms with Crippen molar-refractivity contribution in [1.82, 2.24) is 5.32 Å². The second-order valence-corrected chi connectivity index (χ2v) is 5.24. The van der Waals surface area contributed by atoms with Crippen LogP contribution < -0.4 is 10.1 Å². The lowest BCUT2D eigenvalue weighted by atomic mass is 10.1. The normalized spacial score (nSPS) is 14.7. The number of aromatic hydroxyl groups is 1. The van der Waals surface area contributed by atoms with Crippen molar-refractivity contribution in [2.24, 2.45) is 0 Å². The molecule has 1 unspecified atom stereocenters. The van der Waals surface area contributed by atoms with Crippen LogP contribution in [0.5, 0.6) is 11.5 Å². The third-order valence-electron chi connectivity index (χ3n) is 3.74. The molecule has 1 aliphatic heterocycles. The summed E-state index contributed by atoms with van der Waals surface area (Å²) in [6.07, 6.45) is 1.01. The van der Waals surface area contributed by atoms with Crippen molar-refractivity contribution < 1.29 is 9.84 Å². The molecule has 1 heterocycles. The number of benzene rings is 2. The molecule has 0 spiro atoms. The molecule has 0 saturated carbocycles. The molecule has 3 nitrogen and oxygen atoms in total. The van der Waals surface area contributed by atoms with Crippen molar-refractivity contribution >= 4 is 0 Å². The molecule has 0 radical (unpaired) electrons. The van der Waals surface area contributed by atoms with E-state index in [0.29, 0.717) is 5.75 Å². The minimum atomic E-state index is 0.201. The van der Waals surface area contributed by atoms with E-state index in [4.69, 9.17) is 4.74 Å². The van der Waals surface area contributed by atoms with Crippen LogP contribution in [-0.2, 0) is 13.0 Å². The summed E-state index contributed by atoms with van der Waals surface area (Å²) in [5, 5.41) is 13.0. The molecule has 20 heavy (non-hydrogen) atoms. The number of nitrogens with one attached hydrogen (secondary N) is 1. The van der Waals surface area contributed by atoms with Crippen molar-refractivity contribution in [2.45, 2.75) is 25.9 Å². The summed E-state index contributed by atoms with van der Waals surface area (Å²) in [4.78, 5) is 0. The number of ether oxygens (including phenoxy) is 1. The van der Waals surface area contributed by atoms with Gasteiger partial charge in [-0.25, -0.2) is 0 Å². The Kier molecular flexibility index (Phi) is 3.61. The Bertz CT molecular complexity index is 610. The molecule has 0 amide bonds. The summed E-state index contributed by atoms with van der Waals surface area (Å²) in [6, 6.07) is 14.0. The van der Waals surface area contributed by atoms with Crippen LogP contribution in [-0.4, -0.2) is 11.7 Å². The Morgan fingerprint density at radius 1 is 1.25 bits per heavy atom. The van der Waals surface area contributed by atoms with Crippen LogP contribution in [0.3, 0.4) is 0 Å². The van der Waals surface area contributed by atoms with Crippen LogP contribution in [0.25, 0.3) is 0 Å². The van der Waals surface area contributed by atoms with Crippen LogP contribution in [0.4, 0.5) is 0 Å². The zero-order chi connectivity index (χ0) is 13.9. The van der Waals surface area contributed by atoms with Gasteiger partial charge in [0.15, 0.2) is 0 Å².